The molecule has 1 aromatic carbocycles. The number of hydrogen-bond acceptors (Lipinski definition) is 4. The summed E-state index contributed by atoms with van der Waals surface area (Å²) in [4.78, 5) is 0. The minimum atomic E-state index is 0.341. The monoisotopic (exact) mass is 260 g/mol. The van der Waals surface area contributed by atoms with Crippen LogP contribution in [0.15, 0.2) is 34.9 Å². The highest BCUT2D eigenvalue weighted by Crippen LogP contribution is 2.18. The van der Waals surface area contributed by atoms with Gasteiger partial charge in [-0.05, 0) is 31.9 Å². The number of hydrogen-bond donors (Lipinski definition) is 1. The summed E-state index contributed by atoms with van der Waals surface area (Å²) in [5.41, 5.74) is 2.14. The maximum absolute atomic E-state index is 5.36. The van der Waals surface area contributed by atoms with Crippen LogP contribution in [0.5, 0.6) is 5.75 Å². The Labute approximate surface area is 113 Å². The molecule has 0 radical (unpaired) electrons. The second kappa shape index (κ2) is 6.38. The fraction of sp³-hybridized carbons (Fsp3) is 0.400. The van der Waals surface area contributed by atoms with Gasteiger partial charge in [0.2, 0.25) is 0 Å². The minimum absolute atomic E-state index is 0.341. The maximum atomic E-state index is 5.36. The van der Waals surface area contributed by atoms with Gasteiger partial charge in [0.25, 0.3) is 0 Å². The first-order valence-corrected chi connectivity index (χ1v) is 6.46. The Balaban J connectivity index is 1.88. The molecule has 1 atom stereocenters. The summed E-state index contributed by atoms with van der Waals surface area (Å²) >= 11 is 0. The van der Waals surface area contributed by atoms with Crippen molar-refractivity contribution in [3.63, 3.8) is 0 Å². The third kappa shape index (κ3) is 3.83. The van der Waals surface area contributed by atoms with E-state index in [1.54, 1.807) is 7.11 Å². The number of nitrogens with zero attached hydrogens (tertiary/aromatic N) is 1. The molecule has 0 saturated carbocycles. The third-order valence-corrected chi connectivity index (χ3v) is 3.03. The third-order valence-electron chi connectivity index (χ3n) is 3.03. The molecule has 4 heteroatoms. The van der Waals surface area contributed by atoms with Crippen molar-refractivity contribution in [2.75, 3.05) is 7.11 Å². The van der Waals surface area contributed by atoms with Gasteiger partial charge in [-0.3, -0.25) is 0 Å². The predicted octanol–water partition coefficient (Wildman–Crippen LogP) is 2.71. The van der Waals surface area contributed by atoms with E-state index in [4.69, 9.17) is 9.26 Å². The summed E-state index contributed by atoms with van der Waals surface area (Å²) in [6.45, 7) is 4.77. The van der Waals surface area contributed by atoms with Crippen LogP contribution in [-0.4, -0.2) is 18.3 Å². The second-order valence-corrected chi connectivity index (χ2v) is 4.73. The SMILES string of the molecule is COc1ccccc1CC(C)NCc1cc(C)on1. The molecule has 0 aliphatic heterocycles. The van der Waals surface area contributed by atoms with Gasteiger partial charge in [0.15, 0.2) is 0 Å². The lowest BCUT2D eigenvalue weighted by molar-refractivity contribution is 0.385. The van der Waals surface area contributed by atoms with Gasteiger partial charge in [-0.1, -0.05) is 23.4 Å². The Morgan fingerprint density at radius 1 is 1.37 bits per heavy atom. The van der Waals surface area contributed by atoms with Crippen LogP contribution >= 0.6 is 0 Å². The predicted molar refractivity (Wildman–Crippen MR) is 74.2 cm³/mol. The number of aromatic nitrogens is 1. The number of benzene rings is 1. The molecule has 102 valence electrons. The fourth-order valence-corrected chi connectivity index (χ4v) is 2.05. The summed E-state index contributed by atoms with van der Waals surface area (Å²) in [7, 11) is 1.70. The van der Waals surface area contributed by atoms with Crippen LogP contribution in [-0.2, 0) is 13.0 Å². The topological polar surface area (TPSA) is 47.3 Å². The Bertz CT molecular complexity index is 522. The van der Waals surface area contributed by atoms with E-state index in [9.17, 15) is 0 Å². The quantitative estimate of drug-likeness (QED) is 0.867. The molecule has 2 aromatic rings. The number of para-hydroxylation sites is 1. The highest BCUT2D eigenvalue weighted by Gasteiger charge is 2.08. The molecule has 0 spiro atoms. The molecule has 0 saturated heterocycles. The van der Waals surface area contributed by atoms with Gasteiger partial charge in [0.05, 0.1) is 12.8 Å². The van der Waals surface area contributed by atoms with Crippen molar-refractivity contribution in [2.24, 2.45) is 0 Å². The number of nitrogens with one attached hydrogen (secondary N) is 1. The van der Waals surface area contributed by atoms with Gasteiger partial charge in [-0.25, -0.2) is 0 Å². The van der Waals surface area contributed by atoms with Crippen molar-refractivity contribution in [1.82, 2.24) is 10.5 Å². The number of rotatable bonds is 6. The molecule has 0 aliphatic carbocycles. The van der Waals surface area contributed by atoms with E-state index in [1.165, 1.54) is 5.56 Å². The molecular weight excluding hydrogens is 240 g/mol. The van der Waals surface area contributed by atoms with Crippen LogP contribution in [0.4, 0.5) is 0 Å². The van der Waals surface area contributed by atoms with E-state index in [0.29, 0.717) is 12.6 Å². The Morgan fingerprint density at radius 2 is 2.16 bits per heavy atom. The summed E-state index contributed by atoms with van der Waals surface area (Å²) in [6.07, 6.45) is 0.918. The van der Waals surface area contributed by atoms with Crippen LogP contribution < -0.4 is 10.1 Å². The molecule has 1 unspecified atom stereocenters. The van der Waals surface area contributed by atoms with E-state index in [-0.39, 0.29) is 0 Å². The zero-order valence-electron chi connectivity index (χ0n) is 11.6. The molecule has 1 aromatic heterocycles. The summed E-state index contributed by atoms with van der Waals surface area (Å²) in [6, 6.07) is 10.4. The molecule has 0 amide bonds. The van der Waals surface area contributed by atoms with Gasteiger partial charge >= 0.3 is 0 Å². The molecular formula is C15H20N2O2. The molecule has 1 N–H and O–H groups in total. The molecule has 1 heterocycles. The largest absolute Gasteiger partial charge is 0.496 e. The summed E-state index contributed by atoms with van der Waals surface area (Å²) in [5.74, 6) is 1.78. The second-order valence-electron chi connectivity index (χ2n) is 4.73. The normalized spacial score (nSPS) is 12.4. The summed E-state index contributed by atoms with van der Waals surface area (Å²) < 4.78 is 10.4. The van der Waals surface area contributed by atoms with Crippen LogP contribution in [0.2, 0.25) is 0 Å². The van der Waals surface area contributed by atoms with E-state index in [1.807, 2.05) is 31.2 Å². The van der Waals surface area contributed by atoms with E-state index < -0.39 is 0 Å². The maximum Gasteiger partial charge on any atom is 0.133 e. The lowest BCUT2D eigenvalue weighted by Crippen LogP contribution is -2.27. The molecule has 0 fully saturated rings. The Hall–Kier alpha value is -1.81. The van der Waals surface area contributed by atoms with Gasteiger partial charge < -0.3 is 14.6 Å². The number of ether oxygens (including phenoxy) is 1. The average molecular weight is 260 g/mol. The smallest absolute Gasteiger partial charge is 0.133 e. The highest BCUT2D eigenvalue weighted by molar-refractivity contribution is 5.33. The minimum Gasteiger partial charge on any atom is -0.496 e. The first-order valence-electron chi connectivity index (χ1n) is 6.46. The van der Waals surface area contributed by atoms with Crippen LogP contribution in [0.25, 0.3) is 0 Å². The van der Waals surface area contributed by atoms with Gasteiger partial charge in [0, 0.05) is 18.7 Å². The van der Waals surface area contributed by atoms with E-state index in [2.05, 4.69) is 23.5 Å². The van der Waals surface area contributed by atoms with Crippen LogP contribution in [0, 0.1) is 6.92 Å². The lowest BCUT2D eigenvalue weighted by Gasteiger charge is -2.15. The number of aryl methyl sites for hydroxylation is 1. The van der Waals surface area contributed by atoms with Gasteiger partial charge in [-0.2, -0.15) is 0 Å². The zero-order valence-corrected chi connectivity index (χ0v) is 11.6. The van der Waals surface area contributed by atoms with Gasteiger partial charge in [0.1, 0.15) is 11.5 Å². The van der Waals surface area contributed by atoms with Gasteiger partial charge in [-0.15, -0.1) is 0 Å². The summed E-state index contributed by atoms with van der Waals surface area (Å²) in [5, 5.41) is 7.40. The van der Waals surface area contributed by atoms with Crippen molar-refractivity contribution in [3.05, 3.63) is 47.3 Å². The Kier molecular flexibility index (Phi) is 4.58. The highest BCUT2D eigenvalue weighted by atomic mass is 16.5. The first-order chi connectivity index (χ1) is 9.19. The molecule has 0 aliphatic rings. The molecule has 4 nitrogen and oxygen atoms in total. The first kappa shape index (κ1) is 13.6. The van der Waals surface area contributed by atoms with Crippen molar-refractivity contribution < 1.29 is 9.26 Å². The lowest BCUT2D eigenvalue weighted by atomic mass is 10.1. The van der Waals surface area contributed by atoms with Crippen LogP contribution in [0.1, 0.15) is 23.9 Å². The van der Waals surface area contributed by atoms with Crippen molar-refractivity contribution in [2.45, 2.75) is 32.9 Å². The van der Waals surface area contributed by atoms with Crippen molar-refractivity contribution >= 4 is 0 Å². The average Bonchev–Trinajstić information content (AvgIpc) is 2.83. The van der Waals surface area contributed by atoms with E-state index in [0.717, 1.165) is 23.6 Å². The molecule has 0 bridgehead atoms. The van der Waals surface area contributed by atoms with Crippen molar-refractivity contribution in [1.29, 1.82) is 0 Å². The van der Waals surface area contributed by atoms with Crippen molar-refractivity contribution in [3.8, 4) is 5.75 Å². The van der Waals surface area contributed by atoms with Crippen LogP contribution in [0.3, 0.4) is 0 Å². The Morgan fingerprint density at radius 3 is 2.84 bits per heavy atom. The molecule has 2 rings (SSSR count). The standard InChI is InChI=1S/C15H20N2O2/c1-11(16-10-14-9-12(2)19-17-14)8-13-6-4-5-7-15(13)18-3/h4-7,9,11,16H,8,10H2,1-3H3. The number of methoxy groups -OCH3 is 1. The molecule has 19 heavy (non-hydrogen) atoms. The zero-order chi connectivity index (χ0) is 13.7. The van der Waals surface area contributed by atoms with E-state index >= 15 is 0 Å². The fourth-order valence-electron chi connectivity index (χ4n) is 2.05.